The second-order valence-corrected chi connectivity index (χ2v) is 10.6. The van der Waals surface area contributed by atoms with Crippen molar-refractivity contribution in [1.82, 2.24) is 19.3 Å². The molecule has 0 bridgehead atoms. The SMILES string of the molecule is O=C1C(=Cc2ccccc2-c2cn(C(c3ccccc3)(c3ccccc3)c3ccccc3)cn2)CCCn2nccc21. The van der Waals surface area contributed by atoms with Gasteiger partial charge < -0.3 is 4.57 Å². The van der Waals surface area contributed by atoms with Crippen LogP contribution in [0.4, 0.5) is 0 Å². The lowest BCUT2D eigenvalue weighted by Gasteiger charge is -2.37. The van der Waals surface area contributed by atoms with Crippen molar-refractivity contribution in [3.05, 3.63) is 174 Å². The van der Waals surface area contributed by atoms with Gasteiger partial charge in [0.1, 0.15) is 11.2 Å². The van der Waals surface area contributed by atoms with Gasteiger partial charge in [-0.25, -0.2) is 4.98 Å². The van der Waals surface area contributed by atoms with Crippen LogP contribution in [0.25, 0.3) is 17.3 Å². The van der Waals surface area contributed by atoms with Crippen LogP contribution in [0, 0.1) is 0 Å². The number of Topliss-reactive ketones (excluding diaryl/α,β-unsaturated/α-hetero) is 1. The molecular formula is C37H30N4O. The lowest BCUT2D eigenvalue weighted by Crippen LogP contribution is -2.36. The molecule has 6 aromatic rings. The Bertz CT molecular complexity index is 1770. The van der Waals surface area contributed by atoms with E-state index in [1.807, 2.05) is 35.3 Å². The molecule has 0 unspecified atom stereocenters. The highest BCUT2D eigenvalue weighted by atomic mass is 16.1. The fourth-order valence-electron chi connectivity index (χ4n) is 6.21. The van der Waals surface area contributed by atoms with Crippen molar-refractivity contribution in [2.45, 2.75) is 24.9 Å². The molecular weight excluding hydrogens is 516 g/mol. The molecule has 0 atom stereocenters. The number of ketones is 1. The predicted molar refractivity (Wildman–Crippen MR) is 166 cm³/mol. The molecule has 0 saturated heterocycles. The molecule has 0 spiro atoms. The van der Waals surface area contributed by atoms with Gasteiger partial charge in [-0.1, -0.05) is 115 Å². The number of imidazole rings is 1. The molecule has 42 heavy (non-hydrogen) atoms. The molecule has 1 aliphatic heterocycles. The molecule has 5 nitrogen and oxygen atoms in total. The minimum Gasteiger partial charge on any atom is -0.318 e. The minimum atomic E-state index is -0.641. The Morgan fingerprint density at radius 1 is 0.714 bits per heavy atom. The summed E-state index contributed by atoms with van der Waals surface area (Å²) in [5.41, 5.74) is 7.04. The normalized spacial score (nSPS) is 14.5. The molecule has 4 aromatic carbocycles. The number of aryl methyl sites for hydroxylation is 1. The summed E-state index contributed by atoms with van der Waals surface area (Å²) in [5, 5.41) is 4.33. The van der Waals surface area contributed by atoms with Gasteiger partial charge in [0.15, 0.2) is 0 Å². The van der Waals surface area contributed by atoms with Crippen molar-refractivity contribution >= 4 is 11.9 Å². The molecule has 0 saturated carbocycles. The van der Waals surface area contributed by atoms with Crippen molar-refractivity contribution in [2.24, 2.45) is 0 Å². The molecule has 2 aromatic heterocycles. The van der Waals surface area contributed by atoms with E-state index in [1.165, 1.54) is 0 Å². The summed E-state index contributed by atoms with van der Waals surface area (Å²) >= 11 is 0. The second kappa shape index (κ2) is 10.9. The van der Waals surface area contributed by atoms with Crippen molar-refractivity contribution in [2.75, 3.05) is 0 Å². The quantitative estimate of drug-likeness (QED) is 0.159. The van der Waals surface area contributed by atoms with Crippen LogP contribution in [-0.2, 0) is 12.1 Å². The third-order valence-corrected chi connectivity index (χ3v) is 8.17. The zero-order valence-corrected chi connectivity index (χ0v) is 23.2. The van der Waals surface area contributed by atoms with Crippen molar-refractivity contribution in [1.29, 1.82) is 0 Å². The highest BCUT2D eigenvalue weighted by Crippen LogP contribution is 2.41. The van der Waals surface area contributed by atoms with Crippen molar-refractivity contribution in [3.8, 4) is 11.3 Å². The Morgan fingerprint density at radius 3 is 1.95 bits per heavy atom. The van der Waals surface area contributed by atoms with Gasteiger partial charge in [0, 0.05) is 30.1 Å². The first-order valence-corrected chi connectivity index (χ1v) is 14.3. The Balaban J connectivity index is 1.39. The predicted octanol–water partition coefficient (Wildman–Crippen LogP) is 7.65. The van der Waals surface area contributed by atoms with E-state index in [0.717, 1.165) is 52.0 Å². The number of aromatic nitrogens is 4. The van der Waals surface area contributed by atoms with E-state index in [-0.39, 0.29) is 5.78 Å². The first-order chi connectivity index (χ1) is 20.7. The summed E-state index contributed by atoms with van der Waals surface area (Å²) in [6.45, 7) is 0.748. The number of nitrogens with zero attached hydrogens (tertiary/aromatic N) is 4. The minimum absolute atomic E-state index is 0.0431. The van der Waals surface area contributed by atoms with Gasteiger partial charge in [-0.15, -0.1) is 0 Å². The van der Waals surface area contributed by atoms with E-state index in [1.54, 1.807) is 6.20 Å². The largest absolute Gasteiger partial charge is 0.318 e. The molecule has 204 valence electrons. The summed E-state index contributed by atoms with van der Waals surface area (Å²) < 4.78 is 4.04. The zero-order valence-electron chi connectivity index (χ0n) is 23.2. The van der Waals surface area contributed by atoms with Gasteiger partial charge in [0.2, 0.25) is 5.78 Å². The fourth-order valence-corrected chi connectivity index (χ4v) is 6.21. The van der Waals surface area contributed by atoms with Crippen LogP contribution in [0.1, 0.15) is 45.6 Å². The first kappa shape index (κ1) is 25.7. The first-order valence-electron chi connectivity index (χ1n) is 14.3. The van der Waals surface area contributed by atoms with Gasteiger partial charge in [-0.3, -0.25) is 9.48 Å². The number of hydrogen-bond acceptors (Lipinski definition) is 3. The lowest BCUT2D eigenvalue weighted by atomic mass is 9.77. The van der Waals surface area contributed by atoms with Gasteiger partial charge in [-0.05, 0) is 47.2 Å². The van der Waals surface area contributed by atoms with Crippen LogP contribution in [0.3, 0.4) is 0 Å². The number of carbonyl (C=O) groups excluding carboxylic acids is 1. The standard InChI is InChI=1S/C37H30N4O/c42-36-29(14-12-24-41-35(36)22-23-39-41)25-28-13-10-11-21-33(28)34-26-40(27-38-34)37(30-15-4-1-5-16-30,31-17-6-2-7-18-31)32-19-8-3-9-20-32/h1-11,13,15-23,25-27H,12,14,24H2. The molecule has 0 N–H and O–H groups in total. The number of benzene rings is 4. The molecule has 1 aliphatic rings. The summed E-state index contributed by atoms with van der Waals surface area (Å²) in [6.07, 6.45) is 9.39. The Hall–Kier alpha value is -5.29. The van der Waals surface area contributed by atoms with E-state index in [4.69, 9.17) is 4.98 Å². The zero-order chi connectivity index (χ0) is 28.4. The second-order valence-electron chi connectivity index (χ2n) is 10.6. The van der Waals surface area contributed by atoms with Gasteiger partial charge >= 0.3 is 0 Å². The van der Waals surface area contributed by atoms with Crippen molar-refractivity contribution < 1.29 is 4.79 Å². The Labute approximate surface area is 245 Å². The maximum absolute atomic E-state index is 13.4. The molecule has 0 fully saturated rings. The van der Waals surface area contributed by atoms with Crippen LogP contribution in [-0.4, -0.2) is 25.1 Å². The summed E-state index contributed by atoms with van der Waals surface area (Å²) in [4.78, 5) is 18.4. The summed E-state index contributed by atoms with van der Waals surface area (Å²) in [6, 6.07) is 41.8. The van der Waals surface area contributed by atoms with Gasteiger partial charge in [0.25, 0.3) is 0 Å². The monoisotopic (exact) mass is 546 g/mol. The van der Waals surface area contributed by atoms with Crippen LogP contribution >= 0.6 is 0 Å². The summed E-state index contributed by atoms with van der Waals surface area (Å²) in [7, 11) is 0. The molecule has 3 heterocycles. The molecule has 5 heteroatoms. The van der Waals surface area contributed by atoms with E-state index in [0.29, 0.717) is 12.1 Å². The maximum atomic E-state index is 13.4. The van der Waals surface area contributed by atoms with Gasteiger partial charge in [-0.2, -0.15) is 5.10 Å². The third-order valence-electron chi connectivity index (χ3n) is 8.17. The smallest absolute Gasteiger partial charge is 0.207 e. The Morgan fingerprint density at radius 2 is 1.31 bits per heavy atom. The van der Waals surface area contributed by atoms with Crippen molar-refractivity contribution in [3.63, 3.8) is 0 Å². The van der Waals surface area contributed by atoms with E-state index in [9.17, 15) is 4.79 Å². The molecule has 0 aliphatic carbocycles. The topological polar surface area (TPSA) is 52.7 Å². The van der Waals surface area contributed by atoms with Crippen LogP contribution in [0.5, 0.6) is 0 Å². The molecule has 0 amide bonds. The number of allylic oxidation sites excluding steroid dienone is 1. The number of carbonyl (C=O) groups is 1. The van der Waals surface area contributed by atoms with E-state index in [2.05, 4.69) is 119 Å². The maximum Gasteiger partial charge on any atom is 0.207 e. The summed E-state index contributed by atoms with van der Waals surface area (Å²) in [5.74, 6) is 0.0431. The number of rotatable bonds is 6. The van der Waals surface area contributed by atoms with E-state index < -0.39 is 5.54 Å². The highest BCUT2D eigenvalue weighted by Gasteiger charge is 2.38. The van der Waals surface area contributed by atoms with Crippen LogP contribution < -0.4 is 0 Å². The highest BCUT2D eigenvalue weighted by molar-refractivity contribution is 6.10. The number of hydrogen-bond donors (Lipinski definition) is 0. The van der Waals surface area contributed by atoms with E-state index >= 15 is 0 Å². The van der Waals surface area contributed by atoms with Crippen LogP contribution in [0.2, 0.25) is 0 Å². The average molecular weight is 547 g/mol. The number of fused-ring (bicyclic) bond motifs is 1. The lowest BCUT2D eigenvalue weighted by molar-refractivity contribution is 0.102. The van der Waals surface area contributed by atoms with Gasteiger partial charge in [0.05, 0.1) is 12.0 Å². The third kappa shape index (κ3) is 4.40. The molecule has 0 radical (unpaired) electrons. The molecule has 7 rings (SSSR count). The van der Waals surface area contributed by atoms with Crippen LogP contribution in [0.15, 0.2) is 146 Å². The Kier molecular flexibility index (Phi) is 6.68. The fraction of sp³-hybridized carbons (Fsp3) is 0.108. The average Bonchev–Trinajstić information content (AvgIpc) is 3.71.